The van der Waals surface area contributed by atoms with E-state index in [1.54, 1.807) is 24.3 Å². The lowest BCUT2D eigenvalue weighted by atomic mass is 10.2. The average Bonchev–Trinajstić information content (AvgIpc) is 2.30. The molecule has 1 rings (SSSR count). The first-order valence-corrected chi connectivity index (χ1v) is 5.71. The Morgan fingerprint density at radius 3 is 2.44 bits per heavy atom. The van der Waals surface area contributed by atoms with E-state index in [2.05, 4.69) is 15.9 Å². The molecular formula is C11H10BrF4NO. The van der Waals surface area contributed by atoms with Gasteiger partial charge in [-0.25, -0.2) is 8.78 Å². The van der Waals surface area contributed by atoms with E-state index in [-0.39, 0.29) is 6.54 Å². The van der Waals surface area contributed by atoms with Crippen LogP contribution in [0.4, 0.5) is 17.6 Å². The molecule has 0 heterocycles. The Hall–Kier alpha value is -1.11. The Balaban J connectivity index is 2.81. The van der Waals surface area contributed by atoms with E-state index in [1.165, 1.54) is 0 Å². The topological polar surface area (TPSA) is 20.3 Å². The minimum absolute atomic E-state index is 0.178. The molecule has 1 amide bonds. The van der Waals surface area contributed by atoms with Crippen LogP contribution in [0, 0.1) is 0 Å². The van der Waals surface area contributed by atoms with Crippen LogP contribution in [0.15, 0.2) is 28.7 Å². The van der Waals surface area contributed by atoms with Gasteiger partial charge in [-0.15, -0.1) is 0 Å². The van der Waals surface area contributed by atoms with Gasteiger partial charge in [0.15, 0.2) is 0 Å². The third-order valence-corrected chi connectivity index (χ3v) is 3.04. The standard InChI is InChI=1S/C11H10BrF4NO/c1-17(10(18)11(15,16)9(13)14)6-7-4-2-3-5-8(7)12/h2-5,9H,6H2,1H3. The fourth-order valence-electron chi connectivity index (χ4n) is 1.30. The molecule has 0 spiro atoms. The zero-order valence-corrected chi connectivity index (χ0v) is 10.9. The smallest absolute Gasteiger partial charge is 0.336 e. The van der Waals surface area contributed by atoms with Gasteiger partial charge in [-0.05, 0) is 11.6 Å². The third kappa shape index (κ3) is 3.22. The van der Waals surface area contributed by atoms with Crippen molar-refractivity contribution in [2.75, 3.05) is 7.05 Å². The molecule has 0 aliphatic heterocycles. The lowest BCUT2D eigenvalue weighted by Gasteiger charge is -2.23. The van der Waals surface area contributed by atoms with Gasteiger partial charge in [0.25, 0.3) is 5.91 Å². The summed E-state index contributed by atoms with van der Waals surface area (Å²) in [5.74, 6) is -6.55. The van der Waals surface area contributed by atoms with Crippen molar-refractivity contribution in [1.82, 2.24) is 4.90 Å². The number of nitrogens with zero attached hydrogens (tertiary/aromatic N) is 1. The van der Waals surface area contributed by atoms with Crippen molar-refractivity contribution in [2.45, 2.75) is 18.9 Å². The van der Waals surface area contributed by atoms with E-state index in [0.29, 0.717) is 14.9 Å². The third-order valence-electron chi connectivity index (χ3n) is 2.27. The van der Waals surface area contributed by atoms with Crippen molar-refractivity contribution in [1.29, 1.82) is 0 Å². The summed E-state index contributed by atoms with van der Waals surface area (Å²) in [7, 11) is 1.05. The minimum atomic E-state index is -4.66. The minimum Gasteiger partial charge on any atom is -0.336 e. The molecule has 0 aromatic heterocycles. The summed E-state index contributed by atoms with van der Waals surface area (Å²) >= 11 is 3.18. The van der Waals surface area contributed by atoms with Crippen molar-refractivity contribution in [2.24, 2.45) is 0 Å². The van der Waals surface area contributed by atoms with Crippen molar-refractivity contribution in [3.05, 3.63) is 34.3 Å². The van der Waals surface area contributed by atoms with Gasteiger partial charge in [0, 0.05) is 18.1 Å². The van der Waals surface area contributed by atoms with E-state index in [9.17, 15) is 22.4 Å². The van der Waals surface area contributed by atoms with E-state index in [1.807, 2.05) is 0 Å². The van der Waals surface area contributed by atoms with E-state index < -0.39 is 18.3 Å². The fourth-order valence-corrected chi connectivity index (χ4v) is 1.71. The maximum absolute atomic E-state index is 12.8. The molecule has 0 saturated carbocycles. The molecular weight excluding hydrogens is 318 g/mol. The highest BCUT2D eigenvalue weighted by Gasteiger charge is 2.50. The summed E-state index contributed by atoms with van der Waals surface area (Å²) < 4.78 is 50.4. The van der Waals surface area contributed by atoms with Crippen LogP contribution in [0.5, 0.6) is 0 Å². The second-order valence-corrected chi connectivity index (χ2v) is 4.53. The second-order valence-electron chi connectivity index (χ2n) is 3.68. The zero-order chi connectivity index (χ0) is 13.9. The van der Waals surface area contributed by atoms with Gasteiger partial charge in [0.2, 0.25) is 0 Å². The molecule has 0 atom stereocenters. The maximum atomic E-state index is 12.8. The van der Waals surface area contributed by atoms with Gasteiger partial charge >= 0.3 is 12.3 Å². The Morgan fingerprint density at radius 1 is 1.39 bits per heavy atom. The summed E-state index contributed by atoms with van der Waals surface area (Å²) in [6.07, 6.45) is -4.01. The molecule has 1 aromatic carbocycles. The van der Waals surface area contributed by atoms with Crippen LogP contribution >= 0.6 is 15.9 Å². The lowest BCUT2D eigenvalue weighted by Crippen LogP contribution is -2.45. The highest BCUT2D eigenvalue weighted by Crippen LogP contribution is 2.26. The Morgan fingerprint density at radius 2 is 1.94 bits per heavy atom. The number of rotatable bonds is 4. The monoisotopic (exact) mass is 327 g/mol. The number of amides is 1. The normalized spacial score (nSPS) is 11.7. The summed E-state index contributed by atoms with van der Waals surface area (Å²) in [6.45, 7) is -0.178. The number of hydrogen-bond donors (Lipinski definition) is 0. The van der Waals surface area contributed by atoms with Crippen LogP contribution < -0.4 is 0 Å². The number of carbonyl (C=O) groups is 1. The number of hydrogen-bond acceptors (Lipinski definition) is 1. The molecule has 0 N–H and O–H groups in total. The van der Waals surface area contributed by atoms with Crippen molar-refractivity contribution in [3.8, 4) is 0 Å². The summed E-state index contributed by atoms with van der Waals surface area (Å²) in [5, 5.41) is 0. The van der Waals surface area contributed by atoms with Crippen LogP contribution in [0.2, 0.25) is 0 Å². The fraction of sp³-hybridized carbons (Fsp3) is 0.364. The van der Waals surface area contributed by atoms with E-state index in [4.69, 9.17) is 0 Å². The molecule has 100 valence electrons. The Bertz CT molecular complexity index is 439. The van der Waals surface area contributed by atoms with Crippen LogP contribution in [-0.4, -0.2) is 30.2 Å². The first-order chi connectivity index (χ1) is 8.26. The molecule has 0 aliphatic carbocycles. The van der Waals surface area contributed by atoms with E-state index in [0.717, 1.165) is 7.05 Å². The van der Waals surface area contributed by atoms with Crippen molar-refractivity contribution < 1.29 is 22.4 Å². The number of benzene rings is 1. The molecule has 2 nitrogen and oxygen atoms in total. The van der Waals surface area contributed by atoms with Gasteiger partial charge in [0.05, 0.1) is 0 Å². The average molecular weight is 328 g/mol. The lowest BCUT2D eigenvalue weighted by molar-refractivity contribution is -0.179. The molecule has 0 unspecified atom stereocenters. The SMILES string of the molecule is CN(Cc1ccccc1Br)C(=O)C(F)(F)C(F)F. The predicted octanol–water partition coefficient (Wildman–Crippen LogP) is 3.31. The molecule has 0 fully saturated rings. The van der Waals surface area contributed by atoms with E-state index >= 15 is 0 Å². The largest absolute Gasteiger partial charge is 0.383 e. The van der Waals surface area contributed by atoms with Crippen LogP contribution in [0.25, 0.3) is 0 Å². The van der Waals surface area contributed by atoms with Crippen LogP contribution in [0.3, 0.4) is 0 Å². The molecule has 18 heavy (non-hydrogen) atoms. The Kier molecular flexibility index (Phi) is 4.72. The Labute approximate surface area is 110 Å². The van der Waals surface area contributed by atoms with Gasteiger partial charge in [-0.1, -0.05) is 34.1 Å². The van der Waals surface area contributed by atoms with Crippen molar-refractivity contribution in [3.63, 3.8) is 0 Å². The first kappa shape index (κ1) is 14.9. The summed E-state index contributed by atoms with van der Waals surface area (Å²) in [6, 6.07) is 6.64. The first-order valence-electron chi connectivity index (χ1n) is 4.91. The quantitative estimate of drug-likeness (QED) is 0.777. The second kappa shape index (κ2) is 5.69. The zero-order valence-electron chi connectivity index (χ0n) is 9.34. The highest BCUT2D eigenvalue weighted by molar-refractivity contribution is 9.10. The molecule has 0 saturated heterocycles. The number of halogens is 5. The van der Waals surface area contributed by atoms with Gasteiger partial charge in [-0.2, -0.15) is 8.78 Å². The van der Waals surface area contributed by atoms with Crippen LogP contribution in [-0.2, 0) is 11.3 Å². The molecule has 1 aromatic rings. The maximum Gasteiger partial charge on any atom is 0.383 e. The van der Waals surface area contributed by atoms with Crippen molar-refractivity contribution >= 4 is 21.8 Å². The molecule has 7 heteroatoms. The highest BCUT2D eigenvalue weighted by atomic mass is 79.9. The van der Waals surface area contributed by atoms with Crippen LogP contribution in [0.1, 0.15) is 5.56 Å². The van der Waals surface area contributed by atoms with Gasteiger partial charge in [0.1, 0.15) is 0 Å². The number of carbonyl (C=O) groups excluding carboxylic acids is 1. The predicted molar refractivity (Wildman–Crippen MR) is 61.6 cm³/mol. The molecule has 0 radical (unpaired) electrons. The van der Waals surface area contributed by atoms with Gasteiger partial charge < -0.3 is 4.90 Å². The summed E-state index contributed by atoms with van der Waals surface area (Å²) in [4.78, 5) is 11.8. The number of alkyl halides is 4. The molecule has 0 bridgehead atoms. The summed E-state index contributed by atoms with van der Waals surface area (Å²) in [5.41, 5.74) is 0.554. The molecule has 0 aliphatic rings. The van der Waals surface area contributed by atoms with Gasteiger partial charge in [-0.3, -0.25) is 4.79 Å².